The Morgan fingerprint density at radius 1 is 1.15 bits per heavy atom. The van der Waals surface area contributed by atoms with Gasteiger partial charge in [-0.15, -0.1) is 0 Å². The predicted octanol–water partition coefficient (Wildman–Crippen LogP) is 2.51. The second-order valence-corrected chi connectivity index (χ2v) is 5.71. The lowest BCUT2D eigenvalue weighted by Gasteiger charge is -2.07. The fraction of sp³-hybridized carbons (Fsp3) is 0.211. The van der Waals surface area contributed by atoms with Gasteiger partial charge in [0.05, 0.1) is 31.6 Å². The Kier molecular flexibility index (Phi) is 5.17. The van der Waals surface area contributed by atoms with Crippen molar-refractivity contribution in [1.29, 1.82) is 0 Å². The highest BCUT2D eigenvalue weighted by Crippen LogP contribution is 2.19. The molecule has 0 aliphatic rings. The van der Waals surface area contributed by atoms with E-state index in [4.69, 9.17) is 9.47 Å². The molecule has 0 radical (unpaired) electrons. The maximum absolute atomic E-state index is 12.2. The zero-order valence-corrected chi connectivity index (χ0v) is 14.5. The Hall–Kier alpha value is -3.35. The van der Waals surface area contributed by atoms with Crippen molar-refractivity contribution in [3.8, 4) is 11.6 Å². The van der Waals surface area contributed by atoms with Gasteiger partial charge in [-0.2, -0.15) is 0 Å². The van der Waals surface area contributed by atoms with Crippen molar-refractivity contribution >= 4 is 22.5 Å². The molecule has 3 aromatic rings. The van der Waals surface area contributed by atoms with Crippen LogP contribution in [-0.2, 0) is 11.2 Å². The molecule has 0 saturated carbocycles. The highest BCUT2D eigenvalue weighted by Gasteiger charge is 2.08. The number of fused-ring (bicyclic) bond motifs is 1. The van der Waals surface area contributed by atoms with Crippen molar-refractivity contribution in [3.63, 3.8) is 0 Å². The predicted molar refractivity (Wildman–Crippen MR) is 98.9 cm³/mol. The number of hydrogen-bond donors (Lipinski definition) is 2. The summed E-state index contributed by atoms with van der Waals surface area (Å²) in [7, 11) is 3.10. The molecule has 134 valence electrons. The lowest BCUT2D eigenvalue weighted by Crippen LogP contribution is -2.17. The minimum Gasteiger partial charge on any atom is -0.497 e. The number of methoxy groups -OCH3 is 2. The molecule has 2 aromatic heterocycles. The number of amides is 1. The summed E-state index contributed by atoms with van der Waals surface area (Å²) in [5.41, 5.74) is 1.64. The number of anilines is 1. The molecule has 7 nitrogen and oxygen atoms in total. The van der Waals surface area contributed by atoms with Crippen LogP contribution in [0.2, 0.25) is 0 Å². The Labute approximate surface area is 150 Å². The fourth-order valence-corrected chi connectivity index (χ4v) is 2.58. The largest absolute Gasteiger partial charge is 0.497 e. The Morgan fingerprint density at radius 3 is 2.69 bits per heavy atom. The van der Waals surface area contributed by atoms with Crippen LogP contribution in [0.15, 0.2) is 47.4 Å². The minimum absolute atomic E-state index is 0.189. The van der Waals surface area contributed by atoms with E-state index >= 15 is 0 Å². The molecular weight excluding hydrogens is 334 g/mol. The lowest BCUT2D eigenvalue weighted by molar-refractivity contribution is -0.116. The van der Waals surface area contributed by atoms with Crippen LogP contribution in [0.4, 0.5) is 5.69 Å². The van der Waals surface area contributed by atoms with Gasteiger partial charge in [-0.1, -0.05) is 0 Å². The van der Waals surface area contributed by atoms with Crippen LogP contribution in [0.1, 0.15) is 12.0 Å². The minimum atomic E-state index is -0.204. The monoisotopic (exact) mass is 353 g/mol. The molecule has 2 heterocycles. The summed E-state index contributed by atoms with van der Waals surface area (Å²) in [6, 6.07) is 10.6. The highest BCUT2D eigenvalue weighted by atomic mass is 16.5. The fourth-order valence-electron chi connectivity index (χ4n) is 2.58. The molecular formula is C19H19N3O4. The number of aromatic nitrogens is 2. The van der Waals surface area contributed by atoms with Gasteiger partial charge in [0.15, 0.2) is 0 Å². The molecule has 0 spiro atoms. The van der Waals surface area contributed by atoms with Crippen molar-refractivity contribution in [1.82, 2.24) is 9.97 Å². The molecule has 0 saturated heterocycles. The van der Waals surface area contributed by atoms with Crippen molar-refractivity contribution in [2.75, 3.05) is 19.5 Å². The van der Waals surface area contributed by atoms with E-state index in [1.807, 2.05) is 12.1 Å². The number of aromatic amines is 1. The molecule has 7 heteroatoms. The maximum Gasteiger partial charge on any atom is 0.251 e. The summed E-state index contributed by atoms with van der Waals surface area (Å²) in [5, 5.41) is 3.64. The zero-order chi connectivity index (χ0) is 18.5. The Morgan fingerprint density at radius 2 is 2.00 bits per heavy atom. The molecule has 0 bridgehead atoms. The average molecular weight is 353 g/mol. The van der Waals surface area contributed by atoms with Crippen LogP contribution in [0.5, 0.6) is 11.6 Å². The van der Waals surface area contributed by atoms with Gasteiger partial charge in [-0.3, -0.25) is 9.59 Å². The van der Waals surface area contributed by atoms with Crippen molar-refractivity contribution in [2.24, 2.45) is 0 Å². The Bertz CT molecular complexity index is 980. The van der Waals surface area contributed by atoms with E-state index in [0.717, 1.165) is 5.39 Å². The van der Waals surface area contributed by atoms with Crippen molar-refractivity contribution in [2.45, 2.75) is 12.8 Å². The molecule has 26 heavy (non-hydrogen) atoms. The van der Waals surface area contributed by atoms with E-state index in [2.05, 4.69) is 15.3 Å². The number of aryl methyl sites for hydroxylation is 1. The van der Waals surface area contributed by atoms with E-state index < -0.39 is 0 Å². The molecule has 0 fully saturated rings. The number of H-pyrrole nitrogens is 1. The molecule has 0 atom stereocenters. The normalized spacial score (nSPS) is 10.5. The molecule has 0 aliphatic heterocycles. The van der Waals surface area contributed by atoms with E-state index in [9.17, 15) is 9.59 Å². The zero-order valence-electron chi connectivity index (χ0n) is 14.5. The van der Waals surface area contributed by atoms with Gasteiger partial charge in [-0.05, 0) is 36.1 Å². The first kappa shape index (κ1) is 17.5. The highest BCUT2D eigenvalue weighted by molar-refractivity contribution is 5.90. The van der Waals surface area contributed by atoms with Gasteiger partial charge < -0.3 is 19.8 Å². The first-order valence-corrected chi connectivity index (χ1v) is 8.09. The third kappa shape index (κ3) is 4.00. The molecule has 1 amide bonds. The molecule has 0 unspecified atom stereocenters. The number of nitrogens with one attached hydrogen (secondary N) is 2. The second-order valence-electron chi connectivity index (χ2n) is 5.71. The van der Waals surface area contributed by atoms with Crippen LogP contribution in [-0.4, -0.2) is 30.1 Å². The SMILES string of the molecule is COc1ccc2cc(CCC(=O)Nc3ccc(OC)nc3)c(=O)[nH]c2c1. The number of carbonyl (C=O) groups is 1. The third-order valence-corrected chi connectivity index (χ3v) is 3.98. The first-order chi connectivity index (χ1) is 12.6. The molecule has 0 aliphatic carbocycles. The maximum atomic E-state index is 12.2. The van der Waals surface area contributed by atoms with Crippen LogP contribution < -0.4 is 20.3 Å². The number of benzene rings is 1. The number of pyridine rings is 2. The molecule has 3 rings (SSSR count). The van der Waals surface area contributed by atoms with Crippen molar-refractivity contribution in [3.05, 3.63) is 58.5 Å². The third-order valence-electron chi connectivity index (χ3n) is 3.98. The summed E-state index contributed by atoms with van der Waals surface area (Å²) >= 11 is 0. The van der Waals surface area contributed by atoms with Gasteiger partial charge in [0.25, 0.3) is 5.56 Å². The quantitative estimate of drug-likeness (QED) is 0.710. The molecule has 1 aromatic carbocycles. The number of rotatable bonds is 6. The van der Waals surface area contributed by atoms with Crippen LogP contribution in [0, 0.1) is 0 Å². The van der Waals surface area contributed by atoms with E-state index in [1.54, 1.807) is 31.4 Å². The number of hydrogen-bond acceptors (Lipinski definition) is 5. The number of nitrogens with zero attached hydrogens (tertiary/aromatic N) is 1. The second kappa shape index (κ2) is 7.69. The van der Waals surface area contributed by atoms with Crippen molar-refractivity contribution < 1.29 is 14.3 Å². The van der Waals surface area contributed by atoms with Gasteiger partial charge in [0.1, 0.15) is 5.75 Å². The summed E-state index contributed by atoms with van der Waals surface area (Å²) in [6.45, 7) is 0. The first-order valence-electron chi connectivity index (χ1n) is 8.09. The lowest BCUT2D eigenvalue weighted by atomic mass is 10.1. The van der Waals surface area contributed by atoms with E-state index in [0.29, 0.717) is 34.8 Å². The topological polar surface area (TPSA) is 93.3 Å². The summed E-state index contributed by atoms with van der Waals surface area (Å²) in [5.74, 6) is 0.960. The van der Waals surface area contributed by atoms with Crippen LogP contribution >= 0.6 is 0 Å². The standard InChI is InChI=1S/C19H19N3O4/c1-25-15-6-3-12-9-13(19(24)22-16(12)10-15)4-7-17(23)21-14-5-8-18(26-2)20-11-14/h3,5-6,8-11H,4,7H2,1-2H3,(H,21,23)(H,22,24). The van der Waals surface area contributed by atoms with Crippen LogP contribution in [0.25, 0.3) is 10.9 Å². The average Bonchev–Trinajstić information content (AvgIpc) is 2.66. The number of carbonyl (C=O) groups excluding carboxylic acids is 1. The summed E-state index contributed by atoms with van der Waals surface area (Å²) in [4.78, 5) is 31.2. The smallest absolute Gasteiger partial charge is 0.251 e. The molecule has 2 N–H and O–H groups in total. The summed E-state index contributed by atoms with van der Waals surface area (Å²) in [6.07, 6.45) is 2.05. The number of ether oxygens (including phenoxy) is 2. The Balaban J connectivity index is 1.67. The van der Waals surface area contributed by atoms with Gasteiger partial charge in [-0.25, -0.2) is 4.98 Å². The van der Waals surface area contributed by atoms with Gasteiger partial charge >= 0.3 is 0 Å². The van der Waals surface area contributed by atoms with E-state index in [1.165, 1.54) is 13.3 Å². The summed E-state index contributed by atoms with van der Waals surface area (Å²) < 4.78 is 10.1. The van der Waals surface area contributed by atoms with E-state index in [-0.39, 0.29) is 17.9 Å². The van der Waals surface area contributed by atoms with Gasteiger partial charge in [0.2, 0.25) is 11.8 Å². The van der Waals surface area contributed by atoms with Crippen LogP contribution in [0.3, 0.4) is 0 Å². The van der Waals surface area contributed by atoms with Gasteiger partial charge in [0, 0.05) is 24.1 Å².